The minimum absolute atomic E-state index is 0.00743. The monoisotopic (exact) mass is 590 g/mol. The molecule has 8 heteroatoms. The maximum Gasteiger partial charge on any atom is 0.273 e. The molecule has 1 fully saturated rings. The Labute approximate surface area is 258 Å². The van der Waals surface area contributed by atoms with Crippen LogP contribution in [0.25, 0.3) is 0 Å². The molecule has 1 aliphatic rings. The maximum absolute atomic E-state index is 13.6. The molecule has 0 aliphatic carbocycles. The SMILES string of the molecule is Cc1ccc(C(=O)N(CCC(=O)N2CCN(C(c3ccccc3)c3ccccc3)CC2)CCc2ccccc2)cc1[N+](=O)[O-]. The van der Waals surface area contributed by atoms with Gasteiger partial charge in [-0.3, -0.25) is 24.6 Å². The Bertz CT molecular complexity index is 1520. The number of nitro groups is 1. The van der Waals surface area contributed by atoms with E-state index in [1.807, 2.05) is 47.4 Å². The average Bonchev–Trinajstić information content (AvgIpc) is 3.06. The first-order valence-electron chi connectivity index (χ1n) is 15.1. The molecule has 0 saturated carbocycles. The van der Waals surface area contributed by atoms with E-state index < -0.39 is 4.92 Å². The van der Waals surface area contributed by atoms with Gasteiger partial charge >= 0.3 is 0 Å². The van der Waals surface area contributed by atoms with Crippen LogP contribution in [0.3, 0.4) is 0 Å². The van der Waals surface area contributed by atoms with Gasteiger partial charge in [0, 0.05) is 62.9 Å². The summed E-state index contributed by atoms with van der Waals surface area (Å²) in [5, 5.41) is 11.5. The molecule has 226 valence electrons. The molecular formula is C36H38N4O4. The highest BCUT2D eigenvalue weighted by atomic mass is 16.6. The van der Waals surface area contributed by atoms with Gasteiger partial charge in [0.2, 0.25) is 5.91 Å². The molecule has 0 atom stereocenters. The third kappa shape index (κ3) is 7.57. The van der Waals surface area contributed by atoms with Crippen molar-refractivity contribution in [2.24, 2.45) is 0 Å². The zero-order valence-electron chi connectivity index (χ0n) is 25.0. The van der Waals surface area contributed by atoms with Gasteiger partial charge in [0.05, 0.1) is 11.0 Å². The van der Waals surface area contributed by atoms with Crippen LogP contribution < -0.4 is 0 Å². The second-order valence-electron chi connectivity index (χ2n) is 11.2. The summed E-state index contributed by atoms with van der Waals surface area (Å²) in [6.07, 6.45) is 0.809. The molecule has 8 nitrogen and oxygen atoms in total. The first kappa shape index (κ1) is 30.6. The summed E-state index contributed by atoms with van der Waals surface area (Å²) in [4.78, 5) is 44.0. The van der Waals surface area contributed by atoms with Gasteiger partial charge in [-0.2, -0.15) is 0 Å². The minimum atomic E-state index is -0.469. The van der Waals surface area contributed by atoms with Crippen LogP contribution in [-0.4, -0.2) is 70.7 Å². The Morgan fingerprint density at radius 3 is 1.93 bits per heavy atom. The van der Waals surface area contributed by atoms with Crippen molar-refractivity contribution < 1.29 is 14.5 Å². The van der Waals surface area contributed by atoms with E-state index in [1.54, 1.807) is 24.0 Å². The van der Waals surface area contributed by atoms with Crippen LogP contribution in [0.2, 0.25) is 0 Å². The Balaban J connectivity index is 1.24. The minimum Gasteiger partial charge on any atom is -0.340 e. The number of aryl methyl sites for hydroxylation is 1. The van der Waals surface area contributed by atoms with Crippen molar-refractivity contribution in [1.29, 1.82) is 0 Å². The van der Waals surface area contributed by atoms with Gasteiger partial charge in [0.25, 0.3) is 11.6 Å². The first-order valence-corrected chi connectivity index (χ1v) is 15.1. The molecule has 4 aromatic rings. The van der Waals surface area contributed by atoms with Gasteiger partial charge in [0.1, 0.15) is 0 Å². The van der Waals surface area contributed by atoms with Crippen LogP contribution in [0.4, 0.5) is 5.69 Å². The van der Waals surface area contributed by atoms with Crippen LogP contribution in [-0.2, 0) is 11.2 Å². The summed E-state index contributed by atoms with van der Waals surface area (Å²) >= 11 is 0. The Kier molecular flexibility index (Phi) is 10.1. The Hall–Kier alpha value is -4.82. The molecule has 2 amide bonds. The Morgan fingerprint density at radius 1 is 0.795 bits per heavy atom. The Morgan fingerprint density at radius 2 is 1.36 bits per heavy atom. The average molecular weight is 591 g/mol. The van der Waals surface area contributed by atoms with Gasteiger partial charge in [-0.15, -0.1) is 0 Å². The first-order chi connectivity index (χ1) is 21.4. The van der Waals surface area contributed by atoms with Crippen LogP contribution in [0, 0.1) is 17.0 Å². The topological polar surface area (TPSA) is 87.0 Å². The van der Waals surface area contributed by atoms with Gasteiger partial charge < -0.3 is 9.80 Å². The highest BCUT2D eigenvalue weighted by Gasteiger charge is 2.29. The summed E-state index contributed by atoms with van der Waals surface area (Å²) < 4.78 is 0. The number of piperazine rings is 1. The van der Waals surface area contributed by atoms with E-state index in [9.17, 15) is 19.7 Å². The van der Waals surface area contributed by atoms with E-state index in [4.69, 9.17) is 0 Å². The molecule has 1 aliphatic heterocycles. The maximum atomic E-state index is 13.6. The quantitative estimate of drug-likeness (QED) is 0.160. The van der Waals surface area contributed by atoms with Crippen molar-refractivity contribution in [3.63, 3.8) is 0 Å². The van der Waals surface area contributed by atoms with Gasteiger partial charge in [-0.1, -0.05) is 97.1 Å². The van der Waals surface area contributed by atoms with Crippen LogP contribution in [0.1, 0.15) is 45.1 Å². The van der Waals surface area contributed by atoms with E-state index >= 15 is 0 Å². The number of rotatable bonds is 11. The number of carbonyl (C=O) groups excluding carboxylic acids is 2. The smallest absolute Gasteiger partial charge is 0.273 e. The summed E-state index contributed by atoms with van der Waals surface area (Å²) in [5.41, 5.74) is 4.19. The second kappa shape index (κ2) is 14.6. The number of nitrogens with zero attached hydrogens (tertiary/aromatic N) is 4. The molecule has 1 heterocycles. The van der Waals surface area contributed by atoms with Crippen molar-refractivity contribution in [3.05, 3.63) is 147 Å². The molecule has 0 bridgehead atoms. The fourth-order valence-corrected chi connectivity index (χ4v) is 5.85. The molecule has 4 aromatic carbocycles. The molecular weight excluding hydrogens is 552 g/mol. The summed E-state index contributed by atoms with van der Waals surface area (Å²) in [6.45, 7) is 4.99. The van der Waals surface area contributed by atoms with Crippen LogP contribution in [0.15, 0.2) is 109 Å². The number of nitro benzene ring substituents is 1. The van der Waals surface area contributed by atoms with E-state index in [1.165, 1.54) is 17.2 Å². The van der Waals surface area contributed by atoms with Crippen molar-refractivity contribution in [3.8, 4) is 0 Å². The number of hydrogen-bond donors (Lipinski definition) is 0. The third-order valence-electron chi connectivity index (χ3n) is 8.31. The van der Waals surface area contributed by atoms with Crippen molar-refractivity contribution in [2.45, 2.75) is 25.8 Å². The predicted molar refractivity (Wildman–Crippen MR) is 171 cm³/mol. The van der Waals surface area contributed by atoms with E-state index in [2.05, 4.69) is 53.4 Å². The van der Waals surface area contributed by atoms with Crippen molar-refractivity contribution in [2.75, 3.05) is 39.3 Å². The molecule has 1 saturated heterocycles. The molecule has 5 rings (SSSR count). The lowest BCUT2D eigenvalue weighted by atomic mass is 9.96. The van der Waals surface area contributed by atoms with Gasteiger partial charge in [-0.25, -0.2) is 0 Å². The van der Waals surface area contributed by atoms with E-state index in [0.29, 0.717) is 31.6 Å². The van der Waals surface area contributed by atoms with Crippen molar-refractivity contribution in [1.82, 2.24) is 14.7 Å². The van der Waals surface area contributed by atoms with E-state index in [0.717, 1.165) is 18.7 Å². The highest BCUT2D eigenvalue weighted by molar-refractivity contribution is 5.95. The number of carbonyl (C=O) groups is 2. The highest BCUT2D eigenvalue weighted by Crippen LogP contribution is 2.29. The lowest BCUT2D eigenvalue weighted by Gasteiger charge is -2.40. The van der Waals surface area contributed by atoms with Crippen LogP contribution in [0.5, 0.6) is 0 Å². The van der Waals surface area contributed by atoms with Gasteiger partial charge in [0.15, 0.2) is 0 Å². The summed E-state index contributed by atoms with van der Waals surface area (Å²) in [6, 6.07) is 35.4. The standard InChI is InChI=1S/C36H38N4O4/c1-28-17-18-32(27-33(28)40(43)44)36(42)39(21-19-29-11-5-2-6-12-29)22-20-34(41)37-23-25-38(26-24-37)35(30-13-7-3-8-14-30)31-15-9-4-10-16-31/h2-18,27,35H,19-26H2,1H3. The largest absolute Gasteiger partial charge is 0.340 e. The molecule has 0 radical (unpaired) electrons. The van der Waals surface area contributed by atoms with Gasteiger partial charge in [-0.05, 0) is 36.1 Å². The lowest BCUT2D eigenvalue weighted by Crippen LogP contribution is -2.50. The lowest BCUT2D eigenvalue weighted by molar-refractivity contribution is -0.385. The summed E-state index contributed by atoms with van der Waals surface area (Å²) in [5.74, 6) is -0.303. The fourth-order valence-electron chi connectivity index (χ4n) is 5.85. The zero-order valence-corrected chi connectivity index (χ0v) is 25.0. The number of benzene rings is 4. The molecule has 44 heavy (non-hydrogen) atoms. The van der Waals surface area contributed by atoms with E-state index in [-0.39, 0.29) is 42.1 Å². The molecule has 0 unspecified atom stereocenters. The fraction of sp³-hybridized carbons (Fsp3) is 0.278. The number of hydrogen-bond acceptors (Lipinski definition) is 5. The predicted octanol–water partition coefficient (Wildman–Crippen LogP) is 5.91. The molecule has 0 N–H and O–H groups in total. The molecule has 0 aromatic heterocycles. The zero-order chi connectivity index (χ0) is 30.9. The summed E-state index contributed by atoms with van der Waals surface area (Å²) in [7, 11) is 0. The molecule has 0 spiro atoms. The number of amides is 2. The normalized spacial score (nSPS) is 13.5. The second-order valence-corrected chi connectivity index (χ2v) is 11.2. The van der Waals surface area contributed by atoms with Crippen molar-refractivity contribution >= 4 is 17.5 Å². The third-order valence-corrected chi connectivity index (χ3v) is 8.31. The van der Waals surface area contributed by atoms with Crippen LogP contribution >= 0.6 is 0 Å².